The average Bonchev–Trinajstić information content (AvgIpc) is 2.66. The van der Waals surface area contributed by atoms with Gasteiger partial charge >= 0.3 is 0 Å². The number of likely N-dealkylation sites (tertiary alicyclic amines) is 1. The van der Waals surface area contributed by atoms with Crippen LogP contribution in [0.25, 0.3) is 0 Å². The van der Waals surface area contributed by atoms with Gasteiger partial charge in [-0.2, -0.15) is 0 Å². The van der Waals surface area contributed by atoms with Crippen LogP contribution in [0.2, 0.25) is 0 Å². The number of rotatable bonds is 6. The van der Waals surface area contributed by atoms with Crippen LogP contribution in [-0.4, -0.2) is 48.4 Å². The minimum atomic E-state index is -0.557. The number of hydrogen-bond acceptors (Lipinski definition) is 3. The molecule has 1 heterocycles. The van der Waals surface area contributed by atoms with Crippen molar-refractivity contribution in [3.63, 3.8) is 0 Å². The van der Waals surface area contributed by atoms with Crippen molar-refractivity contribution in [1.29, 1.82) is 0 Å². The minimum Gasteiger partial charge on any atom is -0.342 e. The predicted molar refractivity (Wildman–Crippen MR) is 119 cm³/mol. The molecule has 2 N–H and O–H groups in total. The van der Waals surface area contributed by atoms with Gasteiger partial charge in [0.1, 0.15) is 6.04 Å². The van der Waals surface area contributed by atoms with Crippen molar-refractivity contribution in [3.05, 3.63) is 35.9 Å². The number of nitrogens with one attached hydrogen (secondary N) is 2. The van der Waals surface area contributed by atoms with Crippen molar-refractivity contribution < 1.29 is 9.59 Å². The van der Waals surface area contributed by atoms with E-state index in [1.165, 1.54) is 0 Å². The Morgan fingerprint density at radius 1 is 1.03 bits per heavy atom. The number of carbonyl (C=O) groups excluding carboxylic acids is 2. The van der Waals surface area contributed by atoms with E-state index in [4.69, 9.17) is 0 Å². The Morgan fingerprint density at radius 2 is 1.66 bits per heavy atom. The molecule has 1 saturated heterocycles. The van der Waals surface area contributed by atoms with E-state index in [-0.39, 0.29) is 23.3 Å². The van der Waals surface area contributed by atoms with Crippen LogP contribution in [0.4, 0.5) is 0 Å². The first-order valence-corrected chi connectivity index (χ1v) is 10.8. The summed E-state index contributed by atoms with van der Waals surface area (Å²) in [5.41, 5.74) is 0.279. The molecule has 162 valence electrons. The lowest BCUT2D eigenvalue weighted by Gasteiger charge is -2.41. The van der Waals surface area contributed by atoms with Gasteiger partial charge in [-0.1, -0.05) is 65.0 Å². The Labute approximate surface area is 176 Å². The van der Waals surface area contributed by atoms with Gasteiger partial charge < -0.3 is 15.5 Å². The zero-order valence-electron chi connectivity index (χ0n) is 19.2. The molecule has 5 heteroatoms. The van der Waals surface area contributed by atoms with Gasteiger partial charge in [0.2, 0.25) is 11.8 Å². The second-order valence-corrected chi connectivity index (χ2v) is 9.99. The first-order valence-electron chi connectivity index (χ1n) is 10.8. The SMILES string of the molecule is CN[C@H](C(=O)NC(C(=O)N1CCCCC1C)C(C)(C)C)C(C)(C)c1ccccc1. The molecule has 0 aromatic heterocycles. The maximum Gasteiger partial charge on any atom is 0.245 e. The molecule has 5 nitrogen and oxygen atoms in total. The van der Waals surface area contributed by atoms with Crippen LogP contribution in [0.3, 0.4) is 0 Å². The normalized spacial score (nSPS) is 20.1. The summed E-state index contributed by atoms with van der Waals surface area (Å²) in [5, 5.41) is 6.30. The summed E-state index contributed by atoms with van der Waals surface area (Å²) < 4.78 is 0. The van der Waals surface area contributed by atoms with Crippen molar-refractivity contribution in [2.75, 3.05) is 13.6 Å². The van der Waals surface area contributed by atoms with E-state index in [0.29, 0.717) is 0 Å². The number of amides is 2. The highest BCUT2D eigenvalue weighted by Crippen LogP contribution is 2.29. The molecule has 1 aromatic carbocycles. The maximum absolute atomic E-state index is 13.4. The lowest BCUT2D eigenvalue weighted by Crippen LogP contribution is -2.62. The molecule has 0 bridgehead atoms. The summed E-state index contributed by atoms with van der Waals surface area (Å²) in [6, 6.07) is 9.24. The molecule has 2 unspecified atom stereocenters. The number of carbonyl (C=O) groups is 2. The molecule has 2 rings (SSSR count). The van der Waals surface area contributed by atoms with Crippen LogP contribution in [0.15, 0.2) is 30.3 Å². The molecular formula is C24H39N3O2. The fraction of sp³-hybridized carbons (Fsp3) is 0.667. The largest absolute Gasteiger partial charge is 0.342 e. The summed E-state index contributed by atoms with van der Waals surface area (Å²) in [7, 11) is 1.80. The van der Waals surface area contributed by atoms with Crippen molar-refractivity contribution >= 4 is 11.8 Å². The third kappa shape index (κ3) is 5.39. The minimum absolute atomic E-state index is 0.0328. The Bertz CT molecular complexity index is 694. The summed E-state index contributed by atoms with van der Waals surface area (Å²) in [6.07, 6.45) is 3.21. The molecule has 1 aliphatic heterocycles. The second kappa shape index (κ2) is 9.29. The Hall–Kier alpha value is -1.88. The Morgan fingerprint density at radius 3 is 2.17 bits per heavy atom. The van der Waals surface area contributed by atoms with Gasteiger partial charge in [0.25, 0.3) is 0 Å². The molecule has 3 atom stereocenters. The van der Waals surface area contributed by atoms with Gasteiger partial charge in [-0.3, -0.25) is 9.59 Å². The second-order valence-electron chi connectivity index (χ2n) is 9.99. The Kier molecular flexibility index (Phi) is 7.50. The van der Waals surface area contributed by atoms with E-state index in [1.807, 2.05) is 56.0 Å². The number of likely N-dealkylation sites (N-methyl/N-ethyl adjacent to an activating group) is 1. The average molecular weight is 402 g/mol. The van der Waals surface area contributed by atoms with E-state index >= 15 is 0 Å². The molecule has 0 spiro atoms. The zero-order valence-corrected chi connectivity index (χ0v) is 19.2. The standard InChI is InChI=1S/C24H39N3O2/c1-17-13-11-12-16-27(17)22(29)20(23(2,3)4)26-21(28)19(25-7)24(5,6)18-14-9-8-10-15-18/h8-10,14-15,17,19-20,25H,11-13,16H2,1-7H3,(H,26,28)/t17?,19-,20?/m1/s1. The van der Waals surface area contributed by atoms with Crippen LogP contribution in [0, 0.1) is 5.41 Å². The smallest absolute Gasteiger partial charge is 0.245 e. The van der Waals surface area contributed by atoms with Crippen LogP contribution in [0.5, 0.6) is 0 Å². The molecular weight excluding hydrogens is 362 g/mol. The van der Waals surface area contributed by atoms with Gasteiger partial charge in [-0.05, 0) is 44.2 Å². The number of benzene rings is 1. The van der Waals surface area contributed by atoms with E-state index in [1.54, 1.807) is 7.05 Å². The molecule has 0 saturated carbocycles. The molecule has 0 aliphatic carbocycles. The summed E-state index contributed by atoms with van der Waals surface area (Å²) in [5.74, 6) is -0.107. The lowest BCUT2D eigenvalue weighted by molar-refractivity contribution is -0.143. The molecule has 2 amide bonds. The number of hydrogen-bond donors (Lipinski definition) is 2. The summed E-state index contributed by atoms with van der Waals surface area (Å²) in [4.78, 5) is 28.7. The van der Waals surface area contributed by atoms with Crippen molar-refractivity contribution in [2.24, 2.45) is 5.41 Å². The van der Waals surface area contributed by atoms with Crippen LogP contribution in [0.1, 0.15) is 66.4 Å². The van der Waals surface area contributed by atoms with Gasteiger partial charge in [-0.25, -0.2) is 0 Å². The third-order valence-electron chi connectivity index (χ3n) is 6.28. The van der Waals surface area contributed by atoms with Crippen LogP contribution in [-0.2, 0) is 15.0 Å². The molecule has 0 radical (unpaired) electrons. The lowest BCUT2D eigenvalue weighted by atomic mass is 9.76. The van der Waals surface area contributed by atoms with E-state index in [0.717, 1.165) is 31.4 Å². The topological polar surface area (TPSA) is 61.4 Å². The van der Waals surface area contributed by atoms with Crippen LogP contribution >= 0.6 is 0 Å². The highest BCUT2D eigenvalue weighted by molar-refractivity contribution is 5.91. The summed E-state index contributed by atoms with van der Waals surface area (Å²) in [6.45, 7) is 13.0. The maximum atomic E-state index is 13.4. The first kappa shape index (κ1) is 23.4. The fourth-order valence-corrected chi connectivity index (χ4v) is 4.32. The van der Waals surface area contributed by atoms with Crippen molar-refractivity contribution in [1.82, 2.24) is 15.5 Å². The monoisotopic (exact) mass is 401 g/mol. The van der Waals surface area contributed by atoms with Crippen molar-refractivity contribution in [2.45, 2.75) is 84.3 Å². The van der Waals surface area contributed by atoms with Gasteiger partial charge in [0.05, 0.1) is 6.04 Å². The van der Waals surface area contributed by atoms with Gasteiger partial charge in [0, 0.05) is 18.0 Å². The molecule has 1 aliphatic rings. The van der Waals surface area contributed by atoms with Crippen LogP contribution < -0.4 is 10.6 Å². The predicted octanol–water partition coefficient (Wildman–Crippen LogP) is 3.48. The van der Waals surface area contributed by atoms with Crippen molar-refractivity contribution in [3.8, 4) is 0 Å². The van der Waals surface area contributed by atoms with E-state index in [2.05, 4.69) is 31.4 Å². The van der Waals surface area contributed by atoms with Gasteiger partial charge in [-0.15, -0.1) is 0 Å². The van der Waals surface area contributed by atoms with Gasteiger partial charge in [0.15, 0.2) is 0 Å². The fourth-order valence-electron chi connectivity index (χ4n) is 4.32. The van der Waals surface area contributed by atoms with E-state index < -0.39 is 17.5 Å². The first-order chi connectivity index (χ1) is 13.5. The quantitative estimate of drug-likeness (QED) is 0.767. The third-order valence-corrected chi connectivity index (χ3v) is 6.28. The van der Waals surface area contributed by atoms with E-state index in [9.17, 15) is 9.59 Å². The summed E-state index contributed by atoms with van der Waals surface area (Å²) >= 11 is 0. The highest BCUT2D eigenvalue weighted by atomic mass is 16.2. The molecule has 1 fully saturated rings. The number of nitrogens with zero attached hydrogens (tertiary/aromatic N) is 1. The zero-order chi connectivity index (χ0) is 21.8. The highest BCUT2D eigenvalue weighted by Gasteiger charge is 2.41. The molecule has 1 aromatic rings. The Balaban J connectivity index is 2.25. The molecule has 29 heavy (non-hydrogen) atoms. The number of piperidine rings is 1.